The highest BCUT2D eigenvalue weighted by molar-refractivity contribution is 5.82. The molecule has 0 saturated carbocycles. The van der Waals surface area contributed by atoms with Crippen LogP contribution in [0, 0.1) is 17.2 Å². The molecule has 0 aromatic rings. The van der Waals surface area contributed by atoms with Crippen molar-refractivity contribution in [2.75, 3.05) is 26.2 Å². The van der Waals surface area contributed by atoms with Gasteiger partial charge in [0.2, 0.25) is 5.91 Å². The van der Waals surface area contributed by atoms with Crippen molar-refractivity contribution in [2.45, 2.75) is 13.3 Å². The average Bonchev–Trinajstić information content (AvgIpc) is 2.33. The van der Waals surface area contributed by atoms with Crippen LogP contribution in [-0.2, 0) is 4.79 Å². The summed E-state index contributed by atoms with van der Waals surface area (Å²) >= 11 is 0. The number of piperazine rings is 1. The maximum absolute atomic E-state index is 11.6. The van der Waals surface area contributed by atoms with Crippen LogP contribution in [0.2, 0.25) is 0 Å². The van der Waals surface area contributed by atoms with E-state index in [0.717, 1.165) is 32.0 Å². The van der Waals surface area contributed by atoms with Crippen LogP contribution in [0.15, 0.2) is 11.4 Å². The van der Waals surface area contributed by atoms with Gasteiger partial charge in [0.05, 0.1) is 11.6 Å². The number of nitrogens with one attached hydrogen (secondary N) is 2. The minimum Gasteiger partial charge on any atom is -0.355 e. The van der Waals surface area contributed by atoms with E-state index in [0.29, 0.717) is 12.0 Å². The summed E-state index contributed by atoms with van der Waals surface area (Å²) in [5, 5.41) is 15.2. The van der Waals surface area contributed by atoms with Crippen molar-refractivity contribution in [3.8, 4) is 6.07 Å². The Morgan fingerprint density at radius 1 is 1.44 bits per heavy atom. The molecule has 1 saturated heterocycles. The van der Waals surface area contributed by atoms with E-state index in [2.05, 4.69) is 21.6 Å². The second-order valence-electron chi connectivity index (χ2n) is 4.27. The van der Waals surface area contributed by atoms with Crippen LogP contribution in [0.5, 0.6) is 0 Å². The van der Waals surface area contributed by atoms with Gasteiger partial charge in [0, 0.05) is 32.1 Å². The lowest BCUT2D eigenvalue weighted by molar-refractivity contribution is -0.124. The normalized spacial score (nSPS) is 26.4. The Labute approximate surface area is 95.1 Å². The molecule has 0 bridgehead atoms. The van der Waals surface area contributed by atoms with Gasteiger partial charge in [0.15, 0.2) is 0 Å². The van der Waals surface area contributed by atoms with Gasteiger partial charge in [-0.15, -0.1) is 0 Å². The number of hydrogen-bond acceptors (Lipinski definition) is 4. The lowest BCUT2D eigenvalue weighted by Gasteiger charge is -2.35. The highest BCUT2D eigenvalue weighted by atomic mass is 16.2. The summed E-state index contributed by atoms with van der Waals surface area (Å²) in [6, 6.07) is 2.21. The van der Waals surface area contributed by atoms with Gasteiger partial charge in [0.25, 0.3) is 0 Å². The molecule has 5 heteroatoms. The fourth-order valence-electron chi connectivity index (χ4n) is 2.07. The Kier molecular flexibility index (Phi) is 3.11. The lowest BCUT2D eigenvalue weighted by Crippen LogP contribution is -2.49. The minimum atomic E-state index is -0.0960. The number of amides is 1. The molecule has 2 rings (SSSR count). The number of carbonyl (C=O) groups is 1. The molecule has 2 N–H and O–H groups in total. The monoisotopic (exact) mass is 220 g/mol. The van der Waals surface area contributed by atoms with Crippen molar-refractivity contribution >= 4 is 5.91 Å². The molecule has 2 aliphatic rings. The minimum absolute atomic E-state index is 0.0209. The first-order valence-electron chi connectivity index (χ1n) is 5.62. The fourth-order valence-corrected chi connectivity index (χ4v) is 2.07. The second kappa shape index (κ2) is 4.54. The Bertz CT molecular complexity index is 363. The molecule has 0 aromatic carbocycles. The van der Waals surface area contributed by atoms with Gasteiger partial charge in [0.1, 0.15) is 5.82 Å². The van der Waals surface area contributed by atoms with Crippen LogP contribution < -0.4 is 10.6 Å². The molecule has 0 aromatic heterocycles. The zero-order chi connectivity index (χ0) is 11.5. The predicted octanol–water partition coefficient (Wildman–Crippen LogP) is -0.217. The summed E-state index contributed by atoms with van der Waals surface area (Å²) in [7, 11) is 0. The summed E-state index contributed by atoms with van der Waals surface area (Å²) in [4.78, 5) is 13.7. The van der Waals surface area contributed by atoms with E-state index in [-0.39, 0.29) is 11.8 Å². The summed E-state index contributed by atoms with van der Waals surface area (Å²) in [5.41, 5.74) is 0.703. The molecular weight excluding hydrogens is 204 g/mol. The van der Waals surface area contributed by atoms with E-state index in [9.17, 15) is 4.79 Å². The third-order valence-electron chi connectivity index (χ3n) is 3.05. The Balaban J connectivity index is 2.21. The van der Waals surface area contributed by atoms with Crippen LogP contribution in [0.4, 0.5) is 0 Å². The maximum atomic E-state index is 11.6. The number of allylic oxidation sites excluding steroid dienone is 1. The van der Waals surface area contributed by atoms with E-state index < -0.39 is 0 Å². The quantitative estimate of drug-likeness (QED) is 0.641. The number of nitriles is 1. The summed E-state index contributed by atoms with van der Waals surface area (Å²) in [5.74, 6) is 0.654. The molecule has 0 radical (unpaired) electrons. The van der Waals surface area contributed by atoms with Gasteiger partial charge in [-0.25, -0.2) is 0 Å². The van der Waals surface area contributed by atoms with Gasteiger partial charge in [-0.05, 0) is 6.42 Å². The highest BCUT2D eigenvalue weighted by Gasteiger charge is 2.28. The zero-order valence-electron chi connectivity index (χ0n) is 9.42. The maximum Gasteiger partial charge on any atom is 0.228 e. The molecule has 0 aliphatic carbocycles. The van der Waals surface area contributed by atoms with Gasteiger partial charge in [-0.2, -0.15) is 5.26 Å². The third kappa shape index (κ3) is 2.02. The molecule has 0 spiro atoms. The van der Waals surface area contributed by atoms with Crippen LogP contribution in [0.1, 0.15) is 13.3 Å². The molecule has 2 aliphatic heterocycles. The molecule has 1 unspecified atom stereocenters. The summed E-state index contributed by atoms with van der Waals surface area (Å²) in [6.45, 7) is 5.33. The van der Waals surface area contributed by atoms with Crippen molar-refractivity contribution in [3.63, 3.8) is 0 Å². The van der Waals surface area contributed by atoms with Gasteiger partial charge in [-0.3, -0.25) is 4.79 Å². The van der Waals surface area contributed by atoms with E-state index in [4.69, 9.17) is 5.26 Å². The number of carbonyl (C=O) groups excluding carboxylic acids is 1. The average molecular weight is 220 g/mol. The van der Waals surface area contributed by atoms with Crippen LogP contribution >= 0.6 is 0 Å². The molecule has 2 heterocycles. The Hall–Kier alpha value is -1.54. The first-order chi connectivity index (χ1) is 7.72. The van der Waals surface area contributed by atoms with Gasteiger partial charge in [-0.1, -0.05) is 6.92 Å². The van der Waals surface area contributed by atoms with E-state index in [1.165, 1.54) is 0 Å². The molecule has 1 atom stereocenters. The standard InChI is InChI=1S/C11H16N4O/c1-8-6-9(7-12)10(14-11(8)16)15-4-2-13-3-5-15/h8,13H,2-6H2,1H3,(H,14,16). The van der Waals surface area contributed by atoms with Crippen molar-refractivity contribution in [3.05, 3.63) is 11.4 Å². The summed E-state index contributed by atoms with van der Waals surface area (Å²) in [6.07, 6.45) is 0.557. The molecule has 1 fully saturated rings. The van der Waals surface area contributed by atoms with E-state index >= 15 is 0 Å². The summed E-state index contributed by atoms with van der Waals surface area (Å²) < 4.78 is 0. The number of rotatable bonds is 1. The molecule has 1 amide bonds. The van der Waals surface area contributed by atoms with Gasteiger partial charge >= 0.3 is 0 Å². The molecular formula is C11H16N4O. The van der Waals surface area contributed by atoms with Crippen molar-refractivity contribution < 1.29 is 4.79 Å². The lowest BCUT2D eigenvalue weighted by atomic mass is 9.97. The number of nitrogens with zero attached hydrogens (tertiary/aromatic N) is 2. The first-order valence-corrected chi connectivity index (χ1v) is 5.62. The van der Waals surface area contributed by atoms with Crippen LogP contribution in [0.3, 0.4) is 0 Å². The number of hydrogen-bond donors (Lipinski definition) is 2. The van der Waals surface area contributed by atoms with Crippen molar-refractivity contribution in [2.24, 2.45) is 5.92 Å². The molecule has 16 heavy (non-hydrogen) atoms. The topological polar surface area (TPSA) is 68.2 Å². The molecule has 86 valence electrons. The predicted molar refractivity (Wildman–Crippen MR) is 59.0 cm³/mol. The SMILES string of the molecule is CC1CC(C#N)=C(N2CCNCC2)NC1=O. The third-order valence-corrected chi connectivity index (χ3v) is 3.05. The van der Waals surface area contributed by atoms with E-state index in [1.54, 1.807) is 0 Å². The Morgan fingerprint density at radius 2 is 2.12 bits per heavy atom. The highest BCUT2D eigenvalue weighted by Crippen LogP contribution is 2.22. The zero-order valence-corrected chi connectivity index (χ0v) is 9.42. The van der Waals surface area contributed by atoms with Crippen LogP contribution in [-0.4, -0.2) is 37.0 Å². The van der Waals surface area contributed by atoms with E-state index in [1.807, 2.05) is 6.92 Å². The van der Waals surface area contributed by atoms with Crippen molar-refractivity contribution in [1.82, 2.24) is 15.5 Å². The molecule has 5 nitrogen and oxygen atoms in total. The smallest absolute Gasteiger partial charge is 0.228 e. The van der Waals surface area contributed by atoms with Gasteiger partial charge < -0.3 is 15.5 Å². The second-order valence-corrected chi connectivity index (χ2v) is 4.27. The van der Waals surface area contributed by atoms with Crippen molar-refractivity contribution in [1.29, 1.82) is 5.26 Å². The first kappa shape index (κ1) is 11.0. The van der Waals surface area contributed by atoms with Crippen LogP contribution in [0.25, 0.3) is 0 Å². The fraction of sp³-hybridized carbons (Fsp3) is 0.636. The Morgan fingerprint density at radius 3 is 2.75 bits per heavy atom. The largest absolute Gasteiger partial charge is 0.355 e.